The summed E-state index contributed by atoms with van der Waals surface area (Å²) in [5.41, 5.74) is 1.69. The van der Waals surface area contributed by atoms with E-state index in [2.05, 4.69) is 4.98 Å². The van der Waals surface area contributed by atoms with Crippen molar-refractivity contribution in [2.24, 2.45) is 0 Å². The Bertz CT molecular complexity index is 728. The first-order valence-electron chi connectivity index (χ1n) is 8.33. The molecule has 1 fully saturated rings. The molecule has 0 unspecified atom stereocenters. The summed E-state index contributed by atoms with van der Waals surface area (Å²) in [6.07, 6.45) is 5.22. The number of amides is 2. The van der Waals surface area contributed by atoms with Crippen LogP contribution in [0.5, 0.6) is 0 Å². The fourth-order valence-corrected chi connectivity index (χ4v) is 3.51. The highest BCUT2D eigenvalue weighted by atomic mass is 32.2. The summed E-state index contributed by atoms with van der Waals surface area (Å²) < 4.78 is 0. The van der Waals surface area contributed by atoms with Gasteiger partial charge in [0.1, 0.15) is 0 Å². The second-order valence-corrected chi connectivity index (χ2v) is 7.00. The second-order valence-electron chi connectivity index (χ2n) is 6.02. The van der Waals surface area contributed by atoms with Crippen molar-refractivity contribution in [2.75, 3.05) is 38.2 Å². The number of aromatic nitrogens is 1. The van der Waals surface area contributed by atoms with Crippen LogP contribution in [0.1, 0.15) is 23.2 Å². The predicted octanol–water partition coefficient (Wildman–Crippen LogP) is 2.60. The first-order chi connectivity index (χ1) is 11.7. The Morgan fingerprint density at radius 3 is 2.71 bits per heavy atom. The van der Waals surface area contributed by atoms with Crippen LogP contribution >= 0.6 is 11.8 Å². The zero-order chi connectivity index (χ0) is 16.9. The molecular weight excluding hydrogens is 322 g/mol. The van der Waals surface area contributed by atoms with E-state index in [0.29, 0.717) is 31.6 Å². The fraction of sp³-hybridized carbons (Fsp3) is 0.444. The number of para-hydroxylation sites is 1. The number of hydrogen-bond donors (Lipinski definition) is 1. The molecule has 24 heavy (non-hydrogen) atoms. The highest BCUT2D eigenvalue weighted by molar-refractivity contribution is 7.98. The molecule has 0 bridgehead atoms. The Morgan fingerprint density at radius 1 is 1.12 bits per heavy atom. The second kappa shape index (κ2) is 7.75. The van der Waals surface area contributed by atoms with E-state index >= 15 is 0 Å². The van der Waals surface area contributed by atoms with E-state index in [1.807, 2.05) is 40.3 Å². The Hall–Kier alpha value is -1.95. The lowest BCUT2D eigenvalue weighted by Gasteiger charge is -2.22. The first kappa shape index (κ1) is 16.9. The lowest BCUT2D eigenvalue weighted by molar-refractivity contribution is -0.130. The third-order valence-electron chi connectivity index (χ3n) is 4.48. The van der Waals surface area contributed by atoms with Crippen molar-refractivity contribution < 1.29 is 9.59 Å². The summed E-state index contributed by atoms with van der Waals surface area (Å²) in [6.45, 7) is 2.67. The molecule has 1 aliphatic rings. The van der Waals surface area contributed by atoms with Gasteiger partial charge in [-0.2, -0.15) is 11.8 Å². The standard InChI is InChI=1S/C18H23N3O2S/c1-24-12-7-17(22)20-8-4-9-21(11-10-20)18(23)15-13-19-16-6-3-2-5-14(15)16/h2-3,5-6,13,19H,4,7-12H2,1H3. The number of nitrogens with one attached hydrogen (secondary N) is 1. The molecule has 0 saturated carbocycles. The van der Waals surface area contributed by atoms with Crippen molar-refractivity contribution in [3.63, 3.8) is 0 Å². The molecule has 128 valence electrons. The van der Waals surface area contributed by atoms with Crippen LogP contribution in [0.2, 0.25) is 0 Å². The Balaban J connectivity index is 1.67. The van der Waals surface area contributed by atoms with Crippen LogP contribution < -0.4 is 0 Å². The smallest absolute Gasteiger partial charge is 0.256 e. The maximum Gasteiger partial charge on any atom is 0.256 e. The average Bonchev–Trinajstić information content (AvgIpc) is 2.88. The quantitative estimate of drug-likeness (QED) is 0.927. The Labute approximate surface area is 146 Å². The molecule has 1 aromatic carbocycles. The topological polar surface area (TPSA) is 56.4 Å². The van der Waals surface area contributed by atoms with E-state index in [4.69, 9.17) is 0 Å². The molecule has 3 rings (SSSR count). The molecule has 1 saturated heterocycles. The van der Waals surface area contributed by atoms with Gasteiger partial charge in [-0.25, -0.2) is 0 Å². The molecule has 1 aromatic heterocycles. The van der Waals surface area contributed by atoms with E-state index in [1.54, 1.807) is 18.0 Å². The van der Waals surface area contributed by atoms with E-state index in [9.17, 15) is 9.59 Å². The first-order valence-corrected chi connectivity index (χ1v) is 9.72. The van der Waals surface area contributed by atoms with Gasteiger partial charge >= 0.3 is 0 Å². The SMILES string of the molecule is CSCCC(=O)N1CCCN(C(=O)c2c[nH]c3ccccc23)CC1. The summed E-state index contributed by atoms with van der Waals surface area (Å²) >= 11 is 1.69. The minimum atomic E-state index is 0.0471. The van der Waals surface area contributed by atoms with Crippen LogP contribution in [0.4, 0.5) is 0 Å². The van der Waals surface area contributed by atoms with Gasteiger partial charge in [-0.1, -0.05) is 18.2 Å². The van der Waals surface area contributed by atoms with Crippen molar-refractivity contribution in [1.82, 2.24) is 14.8 Å². The van der Waals surface area contributed by atoms with Gasteiger partial charge in [0.25, 0.3) is 5.91 Å². The van der Waals surface area contributed by atoms with Gasteiger partial charge in [0.15, 0.2) is 0 Å². The van der Waals surface area contributed by atoms with Crippen molar-refractivity contribution in [3.8, 4) is 0 Å². The van der Waals surface area contributed by atoms with Crippen molar-refractivity contribution in [3.05, 3.63) is 36.0 Å². The van der Waals surface area contributed by atoms with Gasteiger partial charge in [0.2, 0.25) is 5.91 Å². The van der Waals surface area contributed by atoms with E-state index in [1.165, 1.54) is 0 Å². The number of carbonyl (C=O) groups is 2. The van der Waals surface area contributed by atoms with Gasteiger partial charge in [0.05, 0.1) is 5.56 Å². The van der Waals surface area contributed by atoms with Crippen LogP contribution in [0.25, 0.3) is 10.9 Å². The lowest BCUT2D eigenvalue weighted by Crippen LogP contribution is -2.37. The molecule has 0 radical (unpaired) electrons. The van der Waals surface area contributed by atoms with Crippen LogP contribution in [0.15, 0.2) is 30.5 Å². The predicted molar refractivity (Wildman–Crippen MR) is 98.4 cm³/mol. The third-order valence-corrected chi connectivity index (χ3v) is 5.09. The number of aromatic amines is 1. The molecule has 2 amide bonds. The zero-order valence-corrected chi connectivity index (χ0v) is 14.8. The number of benzene rings is 1. The van der Waals surface area contributed by atoms with Crippen molar-refractivity contribution in [1.29, 1.82) is 0 Å². The highest BCUT2D eigenvalue weighted by Crippen LogP contribution is 2.20. The van der Waals surface area contributed by atoms with Crippen LogP contribution in [-0.2, 0) is 4.79 Å². The van der Waals surface area contributed by atoms with Gasteiger partial charge < -0.3 is 14.8 Å². The van der Waals surface area contributed by atoms with Crippen LogP contribution in [0.3, 0.4) is 0 Å². The molecule has 0 spiro atoms. The number of H-pyrrole nitrogens is 1. The summed E-state index contributed by atoms with van der Waals surface area (Å²) in [4.78, 5) is 32.0. The fourth-order valence-electron chi connectivity index (χ4n) is 3.14. The molecule has 2 aromatic rings. The summed E-state index contributed by atoms with van der Waals surface area (Å²) in [6, 6.07) is 7.84. The van der Waals surface area contributed by atoms with Gasteiger partial charge in [-0.05, 0) is 18.7 Å². The zero-order valence-electron chi connectivity index (χ0n) is 14.0. The maximum atomic E-state index is 12.9. The minimum absolute atomic E-state index is 0.0471. The molecule has 6 heteroatoms. The van der Waals surface area contributed by atoms with Crippen molar-refractivity contribution >= 4 is 34.5 Å². The van der Waals surface area contributed by atoms with Crippen molar-refractivity contribution in [2.45, 2.75) is 12.8 Å². The van der Waals surface area contributed by atoms with Gasteiger partial charge in [-0.3, -0.25) is 9.59 Å². The number of nitrogens with zero attached hydrogens (tertiary/aromatic N) is 2. The molecule has 5 nitrogen and oxygen atoms in total. The van der Waals surface area contributed by atoms with Crippen LogP contribution in [0, 0.1) is 0 Å². The maximum absolute atomic E-state index is 12.9. The summed E-state index contributed by atoms with van der Waals surface area (Å²) in [7, 11) is 0. The number of thioether (sulfide) groups is 1. The highest BCUT2D eigenvalue weighted by Gasteiger charge is 2.24. The molecule has 2 heterocycles. The van der Waals surface area contributed by atoms with Crippen LogP contribution in [-0.4, -0.2) is 64.8 Å². The summed E-state index contributed by atoms with van der Waals surface area (Å²) in [5.74, 6) is 1.10. The number of hydrogen-bond acceptors (Lipinski definition) is 3. The Kier molecular flexibility index (Phi) is 5.45. The number of fused-ring (bicyclic) bond motifs is 1. The third kappa shape index (κ3) is 3.59. The average molecular weight is 345 g/mol. The lowest BCUT2D eigenvalue weighted by atomic mass is 10.1. The monoisotopic (exact) mass is 345 g/mol. The van der Waals surface area contributed by atoms with Gasteiger partial charge in [-0.15, -0.1) is 0 Å². The number of carbonyl (C=O) groups excluding carboxylic acids is 2. The molecule has 0 aliphatic carbocycles. The molecule has 0 atom stereocenters. The largest absolute Gasteiger partial charge is 0.360 e. The minimum Gasteiger partial charge on any atom is -0.360 e. The van der Waals surface area contributed by atoms with E-state index < -0.39 is 0 Å². The van der Waals surface area contributed by atoms with E-state index in [-0.39, 0.29) is 11.8 Å². The Morgan fingerprint density at radius 2 is 1.88 bits per heavy atom. The normalized spacial score (nSPS) is 15.5. The molecule has 1 N–H and O–H groups in total. The van der Waals surface area contributed by atoms with Gasteiger partial charge in [0, 0.05) is 55.5 Å². The molecular formula is C18H23N3O2S. The van der Waals surface area contributed by atoms with E-state index in [0.717, 1.165) is 29.6 Å². The number of rotatable bonds is 4. The molecule has 1 aliphatic heterocycles. The summed E-state index contributed by atoms with van der Waals surface area (Å²) in [5, 5.41) is 0.958.